The van der Waals surface area contributed by atoms with Crippen LogP contribution in [0.25, 0.3) is 11.3 Å². The fourth-order valence-corrected chi connectivity index (χ4v) is 4.35. The Kier molecular flexibility index (Phi) is 4.21. The minimum atomic E-state index is -0.214. The molecule has 0 bridgehead atoms. The Hall–Kier alpha value is -3.80. The van der Waals surface area contributed by atoms with Gasteiger partial charge in [0.1, 0.15) is 5.03 Å². The van der Waals surface area contributed by atoms with Gasteiger partial charge >= 0.3 is 0 Å². The average molecular weight is 448 g/mol. The lowest BCUT2D eigenvalue weighted by Crippen LogP contribution is -2.28. The maximum Gasteiger partial charge on any atom is 0.234 e. The maximum atomic E-state index is 12.1. The Balaban J connectivity index is 1.28. The van der Waals surface area contributed by atoms with Crippen LogP contribution in [0.15, 0.2) is 46.8 Å². The SMILES string of the molecule is O=C(Nc1cn2nc(Sc3nnc4ccc(N5C(=O)CCC5=O)cn34)ccc2n1)C1CC1. The van der Waals surface area contributed by atoms with Gasteiger partial charge in [0.25, 0.3) is 0 Å². The van der Waals surface area contributed by atoms with E-state index in [4.69, 9.17) is 0 Å². The summed E-state index contributed by atoms with van der Waals surface area (Å²) in [6.07, 6.45) is 5.64. The Bertz CT molecular complexity index is 1410. The summed E-state index contributed by atoms with van der Waals surface area (Å²) < 4.78 is 3.32. The normalized spacial score (nSPS) is 16.4. The van der Waals surface area contributed by atoms with Crippen LogP contribution in [0.2, 0.25) is 0 Å². The van der Waals surface area contributed by atoms with Crippen molar-refractivity contribution in [1.82, 2.24) is 29.2 Å². The number of rotatable bonds is 5. The van der Waals surface area contributed by atoms with Crippen molar-refractivity contribution in [1.29, 1.82) is 0 Å². The largest absolute Gasteiger partial charge is 0.309 e. The van der Waals surface area contributed by atoms with Crippen molar-refractivity contribution in [2.24, 2.45) is 5.92 Å². The molecule has 0 atom stereocenters. The monoisotopic (exact) mass is 448 g/mol. The highest BCUT2D eigenvalue weighted by atomic mass is 32.2. The Morgan fingerprint density at radius 1 is 1.00 bits per heavy atom. The van der Waals surface area contributed by atoms with Crippen LogP contribution in [-0.2, 0) is 14.4 Å². The number of pyridine rings is 1. The highest BCUT2D eigenvalue weighted by Crippen LogP contribution is 2.31. The first-order chi connectivity index (χ1) is 15.5. The molecule has 2 fully saturated rings. The minimum absolute atomic E-state index is 0.0105. The van der Waals surface area contributed by atoms with Gasteiger partial charge in [-0.25, -0.2) is 14.4 Å². The third-order valence-electron chi connectivity index (χ3n) is 5.36. The summed E-state index contributed by atoms with van der Waals surface area (Å²) in [6, 6.07) is 7.01. The van der Waals surface area contributed by atoms with Gasteiger partial charge in [0.2, 0.25) is 22.9 Å². The van der Waals surface area contributed by atoms with E-state index in [0.29, 0.717) is 33.0 Å². The Morgan fingerprint density at radius 3 is 2.56 bits per heavy atom. The van der Waals surface area contributed by atoms with Gasteiger partial charge in [0.15, 0.2) is 17.1 Å². The second-order valence-electron chi connectivity index (χ2n) is 7.69. The molecule has 0 radical (unpaired) electrons. The van der Waals surface area contributed by atoms with Gasteiger partial charge in [0.05, 0.1) is 11.9 Å². The summed E-state index contributed by atoms with van der Waals surface area (Å²) >= 11 is 1.28. The molecule has 12 heteroatoms. The van der Waals surface area contributed by atoms with Crippen LogP contribution in [0.4, 0.5) is 11.5 Å². The summed E-state index contributed by atoms with van der Waals surface area (Å²) in [7, 11) is 0. The summed E-state index contributed by atoms with van der Waals surface area (Å²) in [5, 5.41) is 16.9. The molecule has 0 unspecified atom stereocenters. The fraction of sp³-hybridized carbons (Fsp3) is 0.250. The first kappa shape index (κ1) is 18.9. The smallest absolute Gasteiger partial charge is 0.234 e. The van der Waals surface area contributed by atoms with E-state index in [-0.39, 0.29) is 36.5 Å². The van der Waals surface area contributed by atoms with Crippen molar-refractivity contribution in [3.8, 4) is 0 Å². The number of nitrogens with one attached hydrogen (secondary N) is 1. The Labute approximate surface area is 184 Å². The van der Waals surface area contributed by atoms with E-state index < -0.39 is 0 Å². The molecule has 1 aliphatic carbocycles. The molecule has 4 aromatic rings. The number of aromatic nitrogens is 6. The van der Waals surface area contributed by atoms with Crippen molar-refractivity contribution in [3.05, 3.63) is 36.7 Å². The fourth-order valence-electron chi connectivity index (χ4n) is 3.57. The molecule has 3 amide bonds. The molecule has 0 aromatic carbocycles. The van der Waals surface area contributed by atoms with Crippen LogP contribution < -0.4 is 10.2 Å². The van der Waals surface area contributed by atoms with E-state index in [1.165, 1.54) is 16.7 Å². The third-order valence-corrected chi connectivity index (χ3v) is 6.24. The van der Waals surface area contributed by atoms with Gasteiger partial charge in [-0.05, 0) is 48.9 Å². The van der Waals surface area contributed by atoms with Crippen molar-refractivity contribution >= 4 is 52.3 Å². The number of imide groups is 1. The van der Waals surface area contributed by atoms with E-state index in [9.17, 15) is 14.4 Å². The highest BCUT2D eigenvalue weighted by Gasteiger charge is 2.31. The number of carbonyl (C=O) groups is 3. The van der Waals surface area contributed by atoms with Gasteiger partial charge in [0, 0.05) is 25.0 Å². The average Bonchev–Trinajstić information content (AvgIpc) is 3.34. The third kappa shape index (κ3) is 3.28. The molecule has 32 heavy (non-hydrogen) atoms. The molecule has 160 valence electrons. The van der Waals surface area contributed by atoms with Crippen LogP contribution in [0.3, 0.4) is 0 Å². The topological polar surface area (TPSA) is 127 Å². The lowest BCUT2D eigenvalue weighted by molar-refractivity contribution is -0.121. The molecule has 6 rings (SSSR count). The standard InChI is InChI=1S/C20H16N8O3S/c29-17-7-8-18(30)28(17)12-3-4-15-23-24-20(26(15)9-12)32-16-6-5-14-21-13(10-27(14)25-16)22-19(31)11-1-2-11/h3-6,9-11H,1-2,7-8H2,(H,22,31). The molecule has 11 nitrogen and oxygen atoms in total. The lowest BCUT2D eigenvalue weighted by atomic mass is 10.3. The second kappa shape index (κ2) is 7.12. The minimum Gasteiger partial charge on any atom is -0.309 e. The van der Waals surface area contributed by atoms with E-state index in [1.807, 2.05) is 0 Å². The molecule has 0 spiro atoms. The first-order valence-electron chi connectivity index (χ1n) is 10.1. The van der Waals surface area contributed by atoms with Crippen LogP contribution in [0, 0.1) is 5.92 Å². The van der Waals surface area contributed by atoms with Gasteiger partial charge < -0.3 is 5.32 Å². The zero-order chi connectivity index (χ0) is 21.8. The van der Waals surface area contributed by atoms with Crippen molar-refractivity contribution in [2.45, 2.75) is 35.9 Å². The quantitative estimate of drug-likeness (QED) is 0.459. The first-order valence-corrected chi connectivity index (χ1v) is 10.9. The van der Waals surface area contributed by atoms with E-state index in [0.717, 1.165) is 12.8 Å². The number of imidazole rings is 1. The number of anilines is 2. The second-order valence-corrected chi connectivity index (χ2v) is 8.67. The zero-order valence-electron chi connectivity index (χ0n) is 16.6. The van der Waals surface area contributed by atoms with Crippen LogP contribution >= 0.6 is 11.8 Å². The Morgan fingerprint density at radius 2 is 1.78 bits per heavy atom. The van der Waals surface area contributed by atoms with Crippen molar-refractivity contribution in [2.75, 3.05) is 10.2 Å². The summed E-state index contributed by atoms with van der Waals surface area (Å²) in [4.78, 5) is 41.7. The number of fused-ring (bicyclic) bond motifs is 2. The van der Waals surface area contributed by atoms with Crippen LogP contribution in [0.5, 0.6) is 0 Å². The van der Waals surface area contributed by atoms with E-state index in [2.05, 4.69) is 25.6 Å². The van der Waals surface area contributed by atoms with Gasteiger partial charge in [-0.1, -0.05) is 0 Å². The summed E-state index contributed by atoms with van der Waals surface area (Å²) in [5.74, 6) is 0.121. The predicted molar refractivity (Wildman–Crippen MR) is 113 cm³/mol. The number of hydrogen-bond acceptors (Lipinski definition) is 8. The summed E-state index contributed by atoms with van der Waals surface area (Å²) in [5.41, 5.74) is 1.68. The molecule has 1 saturated heterocycles. The number of amides is 3. The number of hydrogen-bond donors (Lipinski definition) is 1. The molecule has 5 heterocycles. The maximum absolute atomic E-state index is 12.1. The molecular weight excluding hydrogens is 432 g/mol. The van der Waals surface area contributed by atoms with Crippen LogP contribution in [-0.4, -0.2) is 46.9 Å². The van der Waals surface area contributed by atoms with Crippen molar-refractivity contribution < 1.29 is 14.4 Å². The molecule has 1 saturated carbocycles. The number of nitrogens with zero attached hydrogens (tertiary/aromatic N) is 7. The summed E-state index contributed by atoms with van der Waals surface area (Å²) in [6.45, 7) is 0. The molecular formula is C20H16N8O3S. The lowest BCUT2D eigenvalue weighted by Gasteiger charge is -2.13. The van der Waals surface area contributed by atoms with Gasteiger partial charge in [-0.2, -0.15) is 5.10 Å². The van der Waals surface area contributed by atoms with Crippen LogP contribution in [0.1, 0.15) is 25.7 Å². The van der Waals surface area contributed by atoms with Gasteiger partial charge in [-0.15, -0.1) is 10.2 Å². The van der Waals surface area contributed by atoms with Crippen molar-refractivity contribution in [3.63, 3.8) is 0 Å². The molecule has 2 aliphatic rings. The zero-order valence-corrected chi connectivity index (χ0v) is 17.4. The predicted octanol–water partition coefficient (Wildman–Crippen LogP) is 1.93. The van der Waals surface area contributed by atoms with E-state index >= 15 is 0 Å². The van der Waals surface area contributed by atoms with Gasteiger partial charge in [-0.3, -0.25) is 18.8 Å². The molecule has 4 aromatic heterocycles. The van der Waals surface area contributed by atoms with E-state index in [1.54, 1.807) is 45.6 Å². The molecule has 1 aliphatic heterocycles. The number of carbonyl (C=O) groups excluding carboxylic acids is 3. The molecule has 1 N–H and O–H groups in total. The highest BCUT2D eigenvalue weighted by molar-refractivity contribution is 7.99.